The van der Waals surface area contributed by atoms with E-state index in [4.69, 9.17) is 17.3 Å². The fraction of sp³-hybridized carbons (Fsp3) is 0.286. The van der Waals surface area contributed by atoms with Crippen molar-refractivity contribution in [3.8, 4) is 17.0 Å². The number of nitrogens with zero attached hydrogens (tertiary/aromatic N) is 1. The van der Waals surface area contributed by atoms with Gasteiger partial charge < -0.3 is 15.8 Å². The van der Waals surface area contributed by atoms with Crippen molar-refractivity contribution in [3.63, 3.8) is 0 Å². The lowest BCUT2D eigenvalue weighted by Gasteiger charge is -2.11. The van der Waals surface area contributed by atoms with E-state index in [0.29, 0.717) is 22.3 Å². The number of hydrogen-bond acceptors (Lipinski definition) is 4. The summed E-state index contributed by atoms with van der Waals surface area (Å²) in [7, 11) is 0. The molecule has 0 aliphatic heterocycles. The van der Waals surface area contributed by atoms with Crippen LogP contribution in [0.2, 0.25) is 5.02 Å². The van der Waals surface area contributed by atoms with Crippen molar-refractivity contribution in [3.05, 3.63) is 45.5 Å². The van der Waals surface area contributed by atoms with Gasteiger partial charge in [0.05, 0.1) is 6.04 Å². The number of halogens is 1. The first-order valence-corrected chi connectivity index (χ1v) is 6.79. The van der Waals surface area contributed by atoms with Crippen molar-refractivity contribution in [2.45, 2.75) is 18.9 Å². The molecule has 1 aromatic carbocycles. The van der Waals surface area contributed by atoms with Crippen molar-refractivity contribution in [1.82, 2.24) is 9.97 Å². The minimum absolute atomic E-state index is 0.133. The van der Waals surface area contributed by atoms with Gasteiger partial charge in [0, 0.05) is 5.02 Å². The number of aromatic nitrogens is 2. The van der Waals surface area contributed by atoms with Crippen LogP contribution in [-0.4, -0.2) is 15.1 Å². The van der Waals surface area contributed by atoms with Gasteiger partial charge in [-0.05, 0) is 36.5 Å². The van der Waals surface area contributed by atoms with Crippen molar-refractivity contribution in [2.75, 3.05) is 0 Å². The minimum atomic E-state index is -0.397. The van der Waals surface area contributed by atoms with Crippen LogP contribution in [0.25, 0.3) is 11.1 Å². The molecule has 1 saturated carbocycles. The van der Waals surface area contributed by atoms with Gasteiger partial charge in [-0.25, -0.2) is 0 Å². The predicted molar refractivity (Wildman–Crippen MR) is 76.6 cm³/mol. The molecule has 104 valence electrons. The van der Waals surface area contributed by atoms with Gasteiger partial charge >= 0.3 is 0 Å². The molecule has 0 spiro atoms. The maximum atomic E-state index is 12.1. The van der Waals surface area contributed by atoms with Crippen LogP contribution >= 0.6 is 11.6 Å². The fourth-order valence-corrected chi connectivity index (χ4v) is 2.32. The maximum Gasteiger partial charge on any atom is 0.262 e. The van der Waals surface area contributed by atoms with E-state index in [0.717, 1.165) is 12.8 Å². The van der Waals surface area contributed by atoms with E-state index >= 15 is 0 Å². The highest BCUT2D eigenvalue weighted by molar-refractivity contribution is 6.30. The van der Waals surface area contributed by atoms with Crippen molar-refractivity contribution in [1.29, 1.82) is 0 Å². The Balaban J connectivity index is 2.04. The molecular formula is C14H14ClN3O2. The summed E-state index contributed by atoms with van der Waals surface area (Å²) in [5.74, 6) is 0.383. The molecule has 4 N–H and O–H groups in total. The van der Waals surface area contributed by atoms with Crippen LogP contribution in [0.15, 0.2) is 29.1 Å². The number of hydrogen-bond donors (Lipinski definition) is 3. The van der Waals surface area contributed by atoms with Gasteiger partial charge in [-0.3, -0.25) is 4.79 Å². The summed E-state index contributed by atoms with van der Waals surface area (Å²) in [5.41, 5.74) is 6.28. The number of nitrogens with one attached hydrogen (secondary N) is 1. The van der Waals surface area contributed by atoms with Crippen LogP contribution in [0.4, 0.5) is 0 Å². The van der Waals surface area contributed by atoms with E-state index in [-0.39, 0.29) is 17.5 Å². The van der Waals surface area contributed by atoms with Crippen LogP contribution < -0.4 is 11.3 Å². The molecule has 0 bridgehead atoms. The highest BCUT2D eigenvalue weighted by atomic mass is 35.5. The number of aromatic hydroxyl groups is 1. The Bertz CT molecular complexity index is 693. The molecule has 2 aromatic rings. The third kappa shape index (κ3) is 2.42. The number of rotatable bonds is 3. The van der Waals surface area contributed by atoms with E-state index in [2.05, 4.69) is 9.97 Å². The van der Waals surface area contributed by atoms with Gasteiger partial charge in [0.1, 0.15) is 11.4 Å². The summed E-state index contributed by atoms with van der Waals surface area (Å²) < 4.78 is 0. The van der Waals surface area contributed by atoms with Gasteiger partial charge in [0.15, 0.2) is 0 Å². The molecule has 1 atom stereocenters. The molecule has 0 amide bonds. The molecule has 1 heterocycles. The predicted octanol–water partition coefficient (Wildman–Crippen LogP) is 2.21. The monoisotopic (exact) mass is 291 g/mol. The zero-order valence-corrected chi connectivity index (χ0v) is 11.4. The second kappa shape index (κ2) is 4.92. The van der Waals surface area contributed by atoms with Crippen LogP contribution in [0.1, 0.15) is 24.7 Å². The largest absolute Gasteiger partial charge is 0.493 e. The fourth-order valence-electron chi connectivity index (χ4n) is 2.19. The maximum absolute atomic E-state index is 12.1. The van der Waals surface area contributed by atoms with Gasteiger partial charge in [-0.2, -0.15) is 4.98 Å². The lowest BCUT2D eigenvalue weighted by atomic mass is 10.1. The second-order valence-electron chi connectivity index (χ2n) is 5.02. The Hall–Kier alpha value is -1.85. The lowest BCUT2D eigenvalue weighted by molar-refractivity contribution is 0.443. The van der Waals surface area contributed by atoms with E-state index in [1.807, 2.05) is 0 Å². The summed E-state index contributed by atoms with van der Waals surface area (Å²) >= 11 is 5.81. The van der Waals surface area contributed by atoms with Gasteiger partial charge in [0.25, 0.3) is 5.56 Å². The lowest BCUT2D eigenvalue weighted by Crippen LogP contribution is -2.22. The first-order valence-electron chi connectivity index (χ1n) is 6.41. The smallest absolute Gasteiger partial charge is 0.262 e. The number of nitrogens with two attached hydrogens (primary N) is 1. The SMILES string of the molecule is NC(c1nc(O)c(-c2ccc(Cl)cc2)c(=O)[nH]1)C1CC1. The summed E-state index contributed by atoms with van der Waals surface area (Å²) in [6, 6.07) is 6.30. The average Bonchev–Trinajstić information content (AvgIpc) is 3.23. The zero-order chi connectivity index (χ0) is 14.3. The topological polar surface area (TPSA) is 92.0 Å². The van der Waals surface area contributed by atoms with E-state index in [1.54, 1.807) is 24.3 Å². The first-order chi connectivity index (χ1) is 9.56. The molecule has 6 heteroatoms. The van der Waals surface area contributed by atoms with Crippen LogP contribution in [0, 0.1) is 5.92 Å². The van der Waals surface area contributed by atoms with E-state index in [9.17, 15) is 9.90 Å². The number of aromatic amines is 1. The molecule has 1 fully saturated rings. The Morgan fingerprint density at radius 1 is 1.35 bits per heavy atom. The Labute approximate surface area is 120 Å². The van der Waals surface area contributed by atoms with Gasteiger partial charge in [-0.1, -0.05) is 23.7 Å². The number of benzene rings is 1. The number of H-pyrrole nitrogens is 1. The second-order valence-corrected chi connectivity index (χ2v) is 5.46. The Morgan fingerprint density at radius 2 is 2.00 bits per heavy atom. The summed E-state index contributed by atoms with van der Waals surface area (Å²) in [6.45, 7) is 0. The normalized spacial score (nSPS) is 16.1. The quantitative estimate of drug-likeness (QED) is 0.808. The third-order valence-electron chi connectivity index (χ3n) is 3.50. The van der Waals surface area contributed by atoms with Crippen molar-refractivity contribution < 1.29 is 5.11 Å². The van der Waals surface area contributed by atoms with Gasteiger partial charge in [0.2, 0.25) is 5.88 Å². The third-order valence-corrected chi connectivity index (χ3v) is 3.75. The van der Waals surface area contributed by atoms with E-state index in [1.165, 1.54) is 0 Å². The first kappa shape index (κ1) is 13.1. The molecule has 20 heavy (non-hydrogen) atoms. The Morgan fingerprint density at radius 3 is 2.55 bits per heavy atom. The zero-order valence-electron chi connectivity index (χ0n) is 10.6. The molecular weight excluding hydrogens is 278 g/mol. The summed E-state index contributed by atoms with van der Waals surface area (Å²) in [5, 5.41) is 10.6. The van der Waals surface area contributed by atoms with Crippen molar-refractivity contribution in [2.24, 2.45) is 11.7 Å². The van der Waals surface area contributed by atoms with Crippen LogP contribution in [0.5, 0.6) is 5.88 Å². The Kier molecular flexibility index (Phi) is 3.23. The molecule has 1 aliphatic rings. The summed E-state index contributed by atoms with van der Waals surface area (Å²) in [6.07, 6.45) is 2.06. The van der Waals surface area contributed by atoms with E-state index < -0.39 is 5.56 Å². The molecule has 3 rings (SSSR count). The summed E-state index contributed by atoms with van der Waals surface area (Å²) in [4.78, 5) is 18.9. The molecule has 5 nitrogen and oxygen atoms in total. The van der Waals surface area contributed by atoms with Gasteiger partial charge in [-0.15, -0.1) is 0 Å². The minimum Gasteiger partial charge on any atom is -0.493 e. The highest BCUT2D eigenvalue weighted by Gasteiger charge is 2.31. The molecule has 0 saturated heterocycles. The van der Waals surface area contributed by atoms with Crippen LogP contribution in [0.3, 0.4) is 0 Å². The molecule has 1 aromatic heterocycles. The molecule has 0 radical (unpaired) electrons. The average molecular weight is 292 g/mol. The van der Waals surface area contributed by atoms with Crippen molar-refractivity contribution >= 4 is 11.6 Å². The molecule has 1 unspecified atom stereocenters. The molecule has 1 aliphatic carbocycles. The standard InChI is InChI=1S/C14H14ClN3O2/c15-9-5-3-7(4-6-9)10-13(19)17-12(18-14(10)20)11(16)8-1-2-8/h3-6,8,11H,1-2,16H2,(H2,17,18,19,20). The van der Waals surface area contributed by atoms with Crippen LogP contribution in [-0.2, 0) is 0 Å². The highest BCUT2D eigenvalue weighted by Crippen LogP contribution is 2.38.